The maximum absolute atomic E-state index is 11.6. The first kappa shape index (κ1) is 21.1. The molecule has 2 rings (SSSR count). The number of hydrogen-bond acceptors (Lipinski definition) is 2. The second-order valence-corrected chi connectivity index (χ2v) is 9.52. The number of nitrogens with zero attached hydrogens (tertiary/aromatic N) is 1. The normalized spacial score (nSPS) is 22.2. The first-order valence-electron chi connectivity index (χ1n) is 9.48. The quantitative estimate of drug-likeness (QED) is 0.631. The summed E-state index contributed by atoms with van der Waals surface area (Å²) in [4.78, 5) is 13.2. The fraction of sp³-hybridized carbons (Fsp3) is 0.667. The van der Waals surface area contributed by atoms with Crippen molar-refractivity contribution < 1.29 is 14.6 Å². The third-order valence-corrected chi connectivity index (χ3v) is 6.55. The topological polar surface area (TPSA) is 49.8 Å². The minimum atomic E-state index is -0.787. The maximum Gasteiger partial charge on any atom is 0.407 e. The number of amides is 1. The largest absolute Gasteiger partial charge is 0.494 e. The first-order valence-corrected chi connectivity index (χ1v) is 10.3. The zero-order valence-corrected chi connectivity index (χ0v) is 18.2. The lowest BCUT2D eigenvalue weighted by Gasteiger charge is -2.46. The van der Waals surface area contributed by atoms with E-state index in [1.807, 2.05) is 12.1 Å². The van der Waals surface area contributed by atoms with Gasteiger partial charge >= 0.3 is 6.09 Å². The molecule has 1 aromatic carbocycles. The smallest absolute Gasteiger partial charge is 0.407 e. The fourth-order valence-electron chi connectivity index (χ4n) is 3.86. The molecule has 3 unspecified atom stereocenters. The van der Waals surface area contributed by atoms with E-state index in [1.54, 1.807) is 4.90 Å². The Morgan fingerprint density at radius 3 is 2.69 bits per heavy atom. The zero-order chi connectivity index (χ0) is 19.5. The highest BCUT2D eigenvalue weighted by atomic mass is 79.9. The van der Waals surface area contributed by atoms with Gasteiger partial charge in [-0.25, -0.2) is 4.79 Å². The summed E-state index contributed by atoms with van der Waals surface area (Å²) in [5.74, 6) is 1.98. The van der Waals surface area contributed by atoms with Gasteiger partial charge in [0.1, 0.15) is 5.75 Å². The Labute approximate surface area is 166 Å². The molecule has 146 valence electrons. The molecule has 1 aromatic rings. The van der Waals surface area contributed by atoms with Gasteiger partial charge in [-0.15, -0.1) is 0 Å². The third kappa shape index (κ3) is 5.38. The molecule has 1 fully saturated rings. The van der Waals surface area contributed by atoms with Crippen LogP contribution < -0.4 is 4.74 Å². The Bertz CT molecular complexity index is 626. The monoisotopic (exact) mass is 425 g/mol. The molecule has 1 aliphatic rings. The van der Waals surface area contributed by atoms with E-state index in [4.69, 9.17) is 4.74 Å². The van der Waals surface area contributed by atoms with E-state index in [0.29, 0.717) is 25.0 Å². The summed E-state index contributed by atoms with van der Waals surface area (Å²) >= 11 is 3.51. The summed E-state index contributed by atoms with van der Waals surface area (Å²) in [6.07, 6.45) is 2.08. The van der Waals surface area contributed by atoms with Crippen LogP contribution in [0, 0.1) is 24.2 Å². The summed E-state index contributed by atoms with van der Waals surface area (Å²) in [5.41, 5.74) is 1.13. The Morgan fingerprint density at radius 2 is 2.12 bits per heavy atom. The SMILES string of the molecule is Cc1cc(OCCC(C)C2CCN(C(=O)O)C(C(C)(C)C)C2)ccc1Br. The summed E-state index contributed by atoms with van der Waals surface area (Å²) in [5, 5.41) is 9.51. The van der Waals surface area contributed by atoms with Crippen LogP contribution in [0.1, 0.15) is 52.5 Å². The van der Waals surface area contributed by atoms with Crippen LogP contribution >= 0.6 is 15.9 Å². The molecule has 1 saturated heterocycles. The summed E-state index contributed by atoms with van der Waals surface area (Å²) in [6.45, 7) is 12.1. The van der Waals surface area contributed by atoms with Crippen molar-refractivity contribution in [2.24, 2.45) is 17.3 Å². The molecule has 0 radical (unpaired) electrons. The number of halogens is 1. The predicted molar refractivity (Wildman–Crippen MR) is 109 cm³/mol. The lowest BCUT2D eigenvalue weighted by Crippen LogP contribution is -2.52. The number of benzene rings is 1. The average molecular weight is 426 g/mol. The molecule has 1 aliphatic heterocycles. The molecule has 5 heteroatoms. The number of likely N-dealkylation sites (tertiary alicyclic amines) is 1. The van der Waals surface area contributed by atoms with E-state index in [1.165, 1.54) is 5.56 Å². The molecule has 1 N–H and O–H groups in total. The summed E-state index contributed by atoms with van der Waals surface area (Å²) in [7, 11) is 0. The van der Waals surface area contributed by atoms with Gasteiger partial charge in [0.15, 0.2) is 0 Å². The van der Waals surface area contributed by atoms with Crippen molar-refractivity contribution in [1.29, 1.82) is 0 Å². The van der Waals surface area contributed by atoms with Crippen molar-refractivity contribution in [3.8, 4) is 5.75 Å². The number of carboxylic acid groups (broad SMARTS) is 1. The molecule has 26 heavy (non-hydrogen) atoms. The highest BCUT2D eigenvalue weighted by Gasteiger charge is 2.39. The third-order valence-electron chi connectivity index (χ3n) is 5.66. The van der Waals surface area contributed by atoms with Crippen LogP contribution in [-0.4, -0.2) is 35.3 Å². The highest BCUT2D eigenvalue weighted by Crippen LogP contribution is 2.38. The minimum Gasteiger partial charge on any atom is -0.494 e. The highest BCUT2D eigenvalue weighted by molar-refractivity contribution is 9.10. The number of hydrogen-bond donors (Lipinski definition) is 1. The van der Waals surface area contributed by atoms with Crippen LogP contribution in [-0.2, 0) is 0 Å². The van der Waals surface area contributed by atoms with Crippen LogP contribution in [0.4, 0.5) is 4.79 Å². The van der Waals surface area contributed by atoms with E-state index < -0.39 is 6.09 Å². The average Bonchev–Trinajstić information content (AvgIpc) is 2.56. The molecular formula is C21H32BrNO3. The minimum absolute atomic E-state index is 0.0395. The Morgan fingerprint density at radius 1 is 1.42 bits per heavy atom. The maximum atomic E-state index is 11.6. The Kier molecular flexibility index (Phi) is 7.00. The van der Waals surface area contributed by atoms with E-state index in [-0.39, 0.29) is 11.5 Å². The number of ether oxygens (including phenoxy) is 1. The number of rotatable bonds is 5. The molecule has 0 spiro atoms. The van der Waals surface area contributed by atoms with Gasteiger partial charge in [0.25, 0.3) is 0 Å². The molecule has 4 nitrogen and oxygen atoms in total. The van der Waals surface area contributed by atoms with Gasteiger partial charge in [-0.05, 0) is 67.2 Å². The van der Waals surface area contributed by atoms with Crippen LogP contribution in [0.15, 0.2) is 22.7 Å². The van der Waals surface area contributed by atoms with Crippen LogP contribution in [0.25, 0.3) is 0 Å². The van der Waals surface area contributed by atoms with Gasteiger partial charge in [-0.1, -0.05) is 43.6 Å². The number of carbonyl (C=O) groups is 1. The van der Waals surface area contributed by atoms with E-state index in [2.05, 4.69) is 56.6 Å². The van der Waals surface area contributed by atoms with E-state index >= 15 is 0 Å². The molecule has 0 aliphatic carbocycles. The van der Waals surface area contributed by atoms with Crippen LogP contribution in [0.5, 0.6) is 5.75 Å². The zero-order valence-electron chi connectivity index (χ0n) is 16.6. The Balaban J connectivity index is 1.89. The molecular weight excluding hydrogens is 394 g/mol. The molecule has 1 amide bonds. The predicted octanol–water partition coefficient (Wildman–Crippen LogP) is 5.97. The van der Waals surface area contributed by atoms with Crippen molar-refractivity contribution in [2.45, 2.75) is 59.9 Å². The molecule has 0 saturated carbocycles. The van der Waals surface area contributed by atoms with Gasteiger partial charge in [0.2, 0.25) is 0 Å². The van der Waals surface area contributed by atoms with Crippen LogP contribution in [0.3, 0.4) is 0 Å². The summed E-state index contributed by atoms with van der Waals surface area (Å²) < 4.78 is 7.03. The number of aryl methyl sites for hydroxylation is 1. The second-order valence-electron chi connectivity index (χ2n) is 8.67. The first-order chi connectivity index (χ1) is 12.1. The molecule has 3 atom stereocenters. The summed E-state index contributed by atoms with van der Waals surface area (Å²) in [6, 6.07) is 6.14. The van der Waals surface area contributed by atoms with Gasteiger partial charge in [-0.3, -0.25) is 0 Å². The van der Waals surface area contributed by atoms with Crippen molar-refractivity contribution >= 4 is 22.0 Å². The molecule has 0 bridgehead atoms. The molecule has 0 aromatic heterocycles. The van der Waals surface area contributed by atoms with Gasteiger partial charge in [0, 0.05) is 17.1 Å². The van der Waals surface area contributed by atoms with Gasteiger partial charge < -0.3 is 14.7 Å². The van der Waals surface area contributed by atoms with E-state index in [9.17, 15) is 9.90 Å². The lowest BCUT2D eigenvalue weighted by atomic mass is 9.73. The molecule has 1 heterocycles. The number of piperidine rings is 1. The standard InChI is InChI=1S/C21H32BrNO3/c1-14(9-11-26-17-6-7-18(22)15(2)12-17)16-8-10-23(20(24)25)19(13-16)21(3,4)5/h6-7,12,14,16,19H,8-11,13H2,1-5H3,(H,24,25). The Hall–Kier alpha value is -1.23. The second kappa shape index (κ2) is 8.64. The van der Waals surface area contributed by atoms with Crippen molar-refractivity contribution in [1.82, 2.24) is 4.90 Å². The lowest BCUT2D eigenvalue weighted by molar-refractivity contribution is 0.0271. The van der Waals surface area contributed by atoms with Gasteiger partial charge in [-0.2, -0.15) is 0 Å². The van der Waals surface area contributed by atoms with Gasteiger partial charge in [0.05, 0.1) is 6.61 Å². The van der Waals surface area contributed by atoms with Crippen molar-refractivity contribution in [2.75, 3.05) is 13.2 Å². The van der Waals surface area contributed by atoms with Crippen molar-refractivity contribution in [3.63, 3.8) is 0 Å². The van der Waals surface area contributed by atoms with Crippen LogP contribution in [0.2, 0.25) is 0 Å². The van der Waals surface area contributed by atoms with Crippen molar-refractivity contribution in [3.05, 3.63) is 28.2 Å². The fourth-order valence-corrected chi connectivity index (χ4v) is 4.11. The van der Waals surface area contributed by atoms with E-state index in [0.717, 1.165) is 29.5 Å².